The third kappa shape index (κ3) is 4.90. The lowest BCUT2D eigenvalue weighted by Gasteiger charge is -2.58. The molecule has 0 heterocycles. The van der Waals surface area contributed by atoms with Crippen LogP contribution in [0.3, 0.4) is 0 Å². The minimum absolute atomic E-state index is 0.00809. The summed E-state index contributed by atoms with van der Waals surface area (Å²) in [7, 11) is -4.09. The standard InChI is InChI=1S/C31H43F3O4S/c1-28-15-13-22(35)17-20(28)9-11-25-26-12-10-21(29(26,2)16-14-27(25)28)18-24(19-30(3,36)31(32,33)34)39(37,38)23-7-5-4-6-8-23/h4-9,21-22,24-27,35-36H,10-19H2,1-3H3/t21-,22?,24?,25?,26?,27?,28+,29?,30?/m1/s1. The SMILES string of the molecule is CC12CCC3C(CC=C4CC(O)CC[C@@]43C)C1CC[C@@H]2CC(CC(C)(O)C(F)(F)F)S(=O)(=O)c1ccccc1. The Morgan fingerprint density at radius 2 is 1.72 bits per heavy atom. The van der Waals surface area contributed by atoms with Crippen LogP contribution in [0.5, 0.6) is 0 Å². The van der Waals surface area contributed by atoms with Crippen LogP contribution in [0.25, 0.3) is 0 Å². The predicted octanol–water partition coefficient (Wildman–Crippen LogP) is 6.86. The van der Waals surface area contributed by atoms with Crippen LogP contribution in [0.4, 0.5) is 13.2 Å². The van der Waals surface area contributed by atoms with Crippen LogP contribution in [-0.4, -0.2) is 41.8 Å². The molecular weight excluding hydrogens is 525 g/mol. The highest BCUT2D eigenvalue weighted by atomic mass is 32.2. The van der Waals surface area contributed by atoms with E-state index in [1.807, 2.05) is 0 Å². The second-order valence-corrected chi connectivity index (χ2v) is 15.9. The van der Waals surface area contributed by atoms with Crippen molar-refractivity contribution in [1.29, 1.82) is 0 Å². The molecule has 1 aromatic rings. The van der Waals surface area contributed by atoms with E-state index < -0.39 is 33.3 Å². The van der Waals surface area contributed by atoms with Gasteiger partial charge in [0.15, 0.2) is 15.4 Å². The summed E-state index contributed by atoms with van der Waals surface area (Å²) in [6.45, 7) is 5.29. The van der Waals surface area contributed by atoms with Gasteiger partial charge in [0.25, 0.3) is 0 Å². The summed E-state index contributed by atoms with van der Waals surface area (Å²) >= 11 is 0. The van der Waals surface area contributed by atoms with Crippen LogP contribution >= 0.6 is 0 Å². The highest BCUT2D eigenvalue weighted by molar-refractivity contribution is 7.92. The zero-order valence-corrected chi connectivity index (χ0v) is 24.1. The van der Waals surface area contributed by atoms with Gasteiger partial charge in [0.05, 0.1) is 16.2 Å². The van der Waals surface area contributed by atoms with Crippen LogP contribution in [0.2, 0.25) is 0 Å². The summed E-state index contributed by atoms with van der Waals surface area (Å²) in [6, 6.07) is 7.70. The molecule has 7 unspecified atom stereocenters. The van der Waals surface area contributed by atoms with E-state index >= 15 is 0 Å². The van der Waals surface area contributed by atoms with Gasteiger partial charge in [-0.1, -0.05) is 43.7 Å². The van der Waals surface area contributed by atoms with Crippen molar-refractivity contribution in [2.75, 3.05) is 0 Å². The number of fused-ring (bicyclic) bond motifs is 5. The Balaban J connectivity index is 1.43. The van der Waals surface area contributed by atoms with Crippen molar-refractivity contribution >= 4 is 9.84 Å². The molecule has 0 aliphatic heterocycles. The molecule has 0 aromatic heterocycles. The highest BCUT2D eigenvalue weighted by Gasteiger charge is 2.60. The van der Waals surface area contributed by atoms with Crippen molar-refractivity contribution in [2.45, 2.75) is 113 Å². The number of benzene rings is 1. The molecule has 4 nitrogen and oxygen atoms in total. The van der Waals surface area contributed by atoms with Crippen molar-refractivity contribution in [3.8, 4) is 0 Å². The Bertz CT molecular complexity index is 1190. The van der Waals surface area contributed by atoms with E-state index in [0.29, 0.717) is 24.7 Å². The maximum absolute atomic E-state index is 13.8. The molecular formula is C31H43F3O4S. The van der Waals surface area contributed by atoms with Gasteiger partial charge in [-0.2, -0.15) is 13.2 Å². The number of hydrogen-bond acceptors (Lipinski definition) is 4. The Labute approximate surface area is 231 Å². The van der Waals surface area contributed by atoms with Crippen LogP contribution in [-0.2, 0) is 9.84 Å². The Kier molecular flexibility index (Phi) is 7.37. The molecule has 9 atom stereocenters. The third-order valence-electron chi connectivity index (χ3n) is 11.6. The number of aliphatic hydroxyl groups excluding tert-OH is 1. The second-order valence-electron chi connectivity index (χ2n) is 13.7. The topological polar surface area (TPSA) is 74.6 Å². The fourth-order valence-corrected chi connectivity index (χ4v) is 11.1. The zero-order valence-electron chi connectivity index (χ0n) is 23.3. The molecule has 5 rings (SSSR count). The molecule has 0 bridgehead atoms. The maximum Gasteiger partial charge on any atom is 0.416 e. The van der Waals surface area contributed by atoms with Crippen molar-refractivity contribution in [3.05, 3.63) is 42.0 Å². The quantitative estimate of drug-likeness (QED) is 0.368. The number of hydrogen-bond donors (Lipinski definition) is 2. The first kappa shape index (κ1) is 29.1. The highest BCUT2D eigenvalue weighted by Crippen LogP contribution is 2.67. The molecule has 4 aliphatic carbocycles. The summed E-state index contributed by atoms with van der Waals surface area (Å²) in [5.74, 6) is 1.37. The van der Waals surface area contributed by atoms with Gasteiger partial charge in [-0.25, -0.2) is 8.42 Å². The van der Waals surface area contributed by atoms with E-state index in [2.05, 4.69) is 19.9 Å². The van der Waals surface area contributed by atoms with E-state index in [9.17, 15) is 31.8 Å². The van der Waals surface area contributed by atoms with Gasteiger partial charge in [-0.15, -0.1) is 0 Å². The molecule has 4 aliphatic rings. The number of alkyl halides is 3. The molecule has 3 fully saturated rings. The monoisotopic (exact) mass is 568 g/mol. The van der Waals surface area contributed by atoms with Gasteiger partial charge < -0.3 is 10.2 Å². The Morgan fingerprint density at radius 1 is 1.03 bits per heavy atom. The smallest absolute Gasteiger partial charge is 0.393 e. The summed E-state index contributed by atoms with van der Waals surface area (Å²) in [4.78, 5) is 0.00809. The molecule has 0 radical (unpaired) electrons. The largest absolute Gasteiger partial charge is 0.416 e. The van der Waals surface area contributed by atoms with Crippen molar-refractivity contribution in [3.63, 3.8) is 0 Å². The fraction of sp³-hybridized carbons (Fsp3) is 0.742. The predicted molar refractivity (Wildman–Crippen MR) is 145 cm³/mol. The number of halogens is 3. The molecule has 39 heavy (non-hydrogen) atoms. The first-order valence-corrected chi connectivity index (χ1v) is 16.1. The van der Waals surface area contributed by atoms with Crippen molar-refractivity contribution in [1.82, 2.24) is 0 Å². The normalized spacial score (nSPS) is 39.1. The van der Waals surface area contributed by atoms with Gasteiger partial charge in [0.2, 0.25) is 0 Å². The number of allylic oxidation sites excluding steroid dienone is 1. The summed E-state index contributed by atoms with van der Waals surface area (Å²) in [6.07, 6.45) is 3.65. The molecule has 0 saturated heterocycles. The lowest BCUT2D eigenvalue weighted by atomic mass is 9.47. The van der Waals surface area contributed by atoms with Crippen molar-refractivity contribution in [2.24, 2.45) is 34.5 Å². The van der Waals surface area contributed by atoms with Gasteiger partial charge in [0.1, 0.15) is 0 Å². The van der Waals surface area contributed by atoms with E-state index in [1.54, 1.807) is 18.2 Å². The second kappa shape index (κ2) is 9.87. The average Bonchev–Trinajstić information content (AvgIpc) is 3.20. The minimum atomic E-state index is -4.92. The molecule has 3 saturated carbocycles. The lowest BCUT2D eigenvalue weighted by molar-refractivity contribution is -0.255. The van der Waals surface area contributed by atoms with E-state index in [-0.39, 0.29) is 34.2 Å². The van der Waals surface area contributed by atoms with Crippen LogP contribution < -0.4 is 0 Å². The third-order valence-corrected chi connectivity index (χ3v) is 13.7. The van der Waals surface area contributed by atoms with Gasteiger partial charge in [-0.05, 0) is 111 Å². The maximum atomic E-state index is 13.8. The molecule has 2 N–H and O–H groups in total. The fourth-order valence-electron chi connectivity index (χ4n) is 9.14. The number of sulfone groups is 1. The summed E-state index contributed by atoms with van der Waals surface area (Å²) in [5.41, 5.74) is -1.76. The zero-order chi connectivity index (χ0) is 28.4. The summed E-state index contributed by atoms with van der Waals surface area (Å²) < 4.78 is 68.7. The molecule has 8 heteroatoms. The number of rotatable bonds is 6. The Morgan fingerprint density at radius 3 is 2.38 bits per heavy atom. The first-order chi connectivity index (χ1) is 18.1. The number of aliphatic hydroxyl groups is 2. The van der Waals surface area contributed by atoms with E-state index in [0.717, 1.165) is 51.4 Å². The molecule has 1 aromatic carbocycles. The van der Waals surface area contributed by atoms with Crippen LogP contribution in [0, 0.1) is 34.5 Å². The lowest BCUT2D eigenvalue weighted by Crippen LogP contribution is -2.51. The average molecular weight is 569 g/mol. The molecule has 0 amide bonds. The van der Waals surface area contributed by atoms with Gasteiger partial charge in [-0.3, -0.25) is 0 Å². The molecule has 0 spiro atoms. The van der Waals surface area contributed by atoms with Gasteiger partial charge in [0, 0.05) is 6.42 Å². The van der Waals surface area contributed by atoms with Crippen LogP contribution in [0.15, 0.2) is 46.9 Å². The van der Waals surface area contributed by atoms with Crippen molar-refractivity contribution < 1.29 is 31.8 Å². The molecule has 218 valence electrons. The van der Waals surface area contributed by atoms with E-state index in [1.165, 1.54) is 17.7 Å². The van der Waals surface area contributed by atoms with Gasteiger partial charge >= 0.3 is 6.18 Å². The first-order valence-electron chi connectivity index (χ1n) is 14.6. The van der Waals surface area contributed by atoms with E-state index in [4.69, 9.17) is 0 Å². The Hall–Kier alpha value is -1.38. The summed E-state index contributed by atoms with van der Waals surface area (Å²) in [5, 5.41) is 19.3. The minimum Gasteiger partial charge on any atom is -0.393 e. The van der Waals surface area contributed by atoms with Crippen LogP contribution in [0.1, 0.15) is 85.0 Å².